The number of anilines is 1. The van der Waals surface area contributed by atoms with E-state index < -0.39 is 0 Å². The highest BCUT2D eigenvalue weighted by atomic mass is 16.1. The molecule has 4 rings (SSSR count). The van der Waals surface area contributed by atoms with E-state index in [2.05, 4.69) is 65.1 Å². The first kappa shape index (κ1) is 19.5. The number of aryl methyl sites for hydroxylation is 3. The lowest BCUT2D eigenvalue weighted by atomic mass is 10.1. The third kappa shape index (κ3) is 4.30. The number of aromatic nitrogens is 1. The Labute approximate surface area is 172 Å². The van der Waals surface area contributed by atoms with Gasteiger partial charge in [-0.05, 0) is 62.2 Å². The van der Waals surface area contributed by atoms with Gasteiger partial charge in [-0.3, -0.25) is 9.69 Å². The van der Waals surface area contributed by atoms with Gasteiger partial charge in [0.15, 0.2) is 0 Å². The summed E-state index contributed by atoms with van der Waals surface area (Å²) in [5, 5.41) is 4.21. The molecule has 29 heavy (non-hydrogen) atoms. The van der Waals surface area contributed by atoms with Crippen molar-refractivity contribution in [2.24, 2.45) is 0 Å². The van der Waals surface area contributed by atoms with Crippen LogP contribution in [0, 0.1) is 20.8 Å². The Balaban J connectivity index is 1.26. The number of fused-ring (bicyclic) bond motifs is 1. The Morgan fingerprint density at radius 1 is 1.03 bits per heavy atom. The van der Waals surface area contributed by atoms with Crippen LogP contribution < -0.4 is 10.2 Å². The normalized spacial score (nSPS) is 15.1. The number of carbonyl (C=O) groups excluding carboxylic acids is 1. The van der Waals surface area contributed by atoms with Gasteiger partial charge in [0, 0.05) is 67.1 Å². The number of hydrogen-bond donors (Lipinski definition) is 2. The summed E-state index contributed by atoms with van der Waals surface area (Å²) in [7, 11) is 0. The van der Waals surface area contributed by atoms with Crippen LogP contribution in [-0.4, -0.2) is 55.1 Å². The van der Waals surface area contributed by atoms with Gasteiger partial charge in [-0.1, -0.05) is 12.1 Å². The van der Waals surface area contributed by atoms with Gasteiger partial charge in [-0.2, -0.15) is 0 Å². The van der Waals surface area contributed by atoms with Crippen LogP contribution in [0.1, 0.15) is 27.2 Å². The summed E-state index contributed by atoms with van der Waals surface area (Å²) < 4.78 is 0. The van der Waals surface area contributed by atoms with Crippen molar-refractivity contribution in [2.45, 2.75) is 20.8 Å². The Bertz CT molecular complexity index is 1010. The van der Waals surface area contributed by atoms with Crippen molar-refractivity contribution < 1.29 is 4.79 Å². The van der Waals surface area contributed by atoms with Crippen molar-refractivity contribution in [1.82, 2.24) is 15.2 Å². The average Bonchev–Trinajstić information content (AvgIpc) is 3.02. The summed E-state index contributed by atoms with van der Waals surface area (Å²) in [6.45, 7) is 12.0. The number of piperazine rings is 1. The fourth-order valence-corrected chi connectivity index (χ4v) is 4.09. The summed E-state index contributed by atoms with van der Waals surface area (Å²) in [5.41, 5.74) is 6.79. The number of aromatic amines is 1. The van der Waals surface area contributed by atoms with E-state index in [1.54, 1.807) is 0 Å². The third-order valence-corrected chi connectivity index (χ3v) is 6.02. The van der Waals surface area contributed by atoms with Gasteiger partial charge >= 0.3 is 0 Å². The molecule has 0 radical (unpaired) electrons. The number of hydrogen-bond acceptors (Lipinski definition) is 3. The molecular formula is C24H30N4O. The maximum atomic E-state index is 12.6. The fraction of sp³-hybridized carbons (Fsp3) is 0.375. The van der Waals surface area contributed by atoms with Gasteiger partial charge < -0.3 is 15.2 Å². The molecule has 0 atom stereocenters. The van der Waals surface area contributed by atoms with Crippen LogP contribution >= 0.6 is 0 Å². The number of nitrogens with one attached hydrogen (secondary N) is 2. The maximum Gasteiger partial charge on any atom is 0.251 e. The van der Waals surface area contributed by atoms with Crippen molar-refractivity contribution in [3.8, 4) is 0 Å². The molecular weight excluding hydrogens is 360 g/mol. The van der Waals surface area contributed by atoms with Crippen LogP contribution in [0.4, 0.5) is 5.69 Å². The van der Waals surface area contributed by atoms with Gasteiger partial charge in [0.05, 0.1) is 0 Å². The average molecular weight is 391 g/mol. The van der Waals surface area contributed by atoms with E-state index in [-0.39, 0.29) is 5.91 Å². The maximum absolute atomic E-state index is 12.6. The fourth-order valence-electron chi connectivity index (χ4n) is 4.09. The summed E-state index contributed by atoms with van der Waals surface area (Å²) in [6.07, 6.45) is 0. The van der Waals surface area contributed by atoms with E-state index in [4.69, 9.17) is 0 Å². The SMILES string of the molecule is Cc1cccc(N2CCN(CCNC(=O)c3ccc4[nH]c(C)c(C)c4c3)CC2)c1. The molecule has 5 heteroatoms. The van der Waals surface area contributed by atoms with E-state index in [0.29, 0.717) is 6.54 Å². The lowest BCUT2D eigenvalue weighted by molar-refractivity contribution is 0.0948. The van der Waals surface area contributed by atoms with Gasteiger partial charge in [-0.25, -0.2) is 0 Å². The first-order chi connectivity index (χ1) is 14.0. The molecule has 1 aliphatic heterocycles. The second-order valence-corrected chi connectivity index (χ2v) is 8.06. The van der Waals surface area contributed by atoms with Crippen molar-refractivity contribution >= 4 is 22.5 Å². The highest BCUT2D eigenvalue weighted by Crippen LogP contribution is 2.22. The molecule has 2 N–H and O–H groups in total. The second-order valence-electron chi connectivity index (χ2n) is 8.06. The molecule has 0 unspecified atom stereocenters. The number of amides is 1. The molecule has 2 heterocycles. The topological polar surface area (TPSA) is 51.4 Å². The van der Waals surface area contributed by atoms with Crippen LogP contribution in [-0.2, 0) is 0 Å². The summed E-state index contributed by atoms with van der Waals surface area (Å²) in [4.78, 5) is 20.8. The largest absolute Gasteiger partial charge is 0.369 e. The quantitative estimate of drug-likeness (QED) is 0.699. The number of rotatable bonds is 5. The first-order valence-electron chi connectivity index (χ1n) is 10.4. The highest BCUT2D eigenvalue weighted by Gasteiger charge is 2.17. The van der Waals surface area contributed by atoms with Crippen LogP contribution in [0.2, 0.25) is 0 Å². The predicted octanol–water partition coefficient (Wildman–Crippen LogP) is 3.65. The van der Waals surface area contributed by atoms with Gasteiger partial charge in [0.25, 0.3) is 5.91 Å². The molecule has 1 amide bonds. The van der Waals surface area contributed by atoms with Crippen molar-refractivity contribution in [2.75, 3.05) is 44.2 Å². The number of nitrogens with zero attached hydrogens (tertiary/aromatic N) is 2. The van der Waals surface area contributed by atoms with Gasteiger partial charge in [0.1, 0.15) is 0 Å². The number of H-pyrrole nitrogens is 1. The molecule has 0 spiro atoms. The zero-order valence-electron chi connectivity index (χ0n) is 17.6. The number of carbonyl (C=O) groups is 1. The van der Waals surface area contributed by atoms with E-state index in [0.717, 1.165) is 54.9 Å². The van der Waals surface area contributed by atoms with Crippen LogP contribution in [0.15, 0.2) is 42.5 Å². The van der Waals surface area contributed by atoms with Crippen molar-refractivity contribution in [1.29, 1.82) is 0 Å². The smallest absolute Gasteiger partial charge is 0.251 e. The molecule has 1 saturated heterocycles. The third-order valence-electron chi connectivity index (χ3n) is 6.02. The second kappa shape index (κ2) is 8.29. The first-order valence-corrected chi connectivity index (χ1v) is 10.4. The summed E-state index contributed by atoms with van der Waals surface area (Å²) >= 11 is 0. The van der Waals surface area contributed by atoms with Gasteiger partial charge in [0.2, 0.25) is 0 Å². The zero-order chi connectivity index (χ0) is 20.4. The predicted molar refractivity (Wildman–Crippen MR) is 120 cm³/mol. The van der Waals surface area contributed by atoms with E-state index >= 15 is 0 Å². The van der Waals surface area contributed by atoms with E-state index in [1.165, 1.54) is 16.8 Å². The summed E-state index contributed by atoms with van der Waals surface area (Å²) in [5.74, 6) is 0.00329. The van der Waals surface area contributed by atoms with Gasteiger partial charge in [-0.15, -0.1) is 0 Å². The Hall–Kier alpha value is -2.79. The Kier molecular flexibility index (Phi) is 5.58. The molecule has 1 aromatic heterocycles. The zero-order valence-corrected chi connectivity index (χ0v) is 17.6. The molecule has 152 valence electrons. The molecule has 0 saturated carbocycles. The van der Waals surface area contributed by atoms with Crippen LogP contribution in [0.3, 0.4) is 0 Å². The van der Waals surface area contributed by atoms with E-state index in [9.17, 15) is 4.79 Å². The lowest BCUT2D eigenvalue weighted by Gasteiger charge is -2.36. The number of benzene rings is 2. The van der Waals surface area contributed by atoms with E-state index in [1.807, 2.05) is 18.2 Å². The minimum atomic E-state index is 0.00329. The summed E-state index contributed by atoms with van der Waals surface area (Å²) in [6, 6.07) is 14.6. The molecule has 1 fully saturated rings. The molecule has 0 aliphatic carbocycles. The molecule has 1 aliphatic rings. The van der Waals surface area contributed by atoms with Crippen molar-refractivity contribution in [3.05, 3.63) is 64.8 Å². The van der Waals surface area contributed by atoms with Crippen molar-refractivity contribution in [3.63, 3.8) is 0 Å². The monoisotopic (exact) mass is 390 g/mol. The standard InChI is InChI=1S/C24H30N4O/c1-17-5-4-6-21(15-17)28-13-11-27(12-14-28)10-9-25-24(29)20-7-8-23-22(16-20)18(2)19(3)26-23/h4-8,15-16,26H,9-14H2,1-3H3,(H,25,29). The van der Waals surface area contributed by atoms with Crippen LogP contribution in [0.25, 0.3) is 10.9 Å². The molecule has 2 aromatic carbocycles. The molecule has 3 aromatic rings. The van der Waals surface area contributed by atoms with Crippen LogP contribution in [0.5, 0.6) is 0 Å². The Morgan fingerprint density at radius 2 is 1.83 bits per heavy atom. The minimum Gasteiger partial charge on any atom is -0.369 e. The minimum absolute atomic E-state index is 0.00329. The Morgan fingerprint density at radius 3 is 2.59 bits per heavy atom. The molecule has 0 bridgehead atoms. The lowest BCUT2D eigenvalue weighted by Crippen LogP contribution is -2.48. The molecule has 5 nitrogen and oxygen atoms in total. The highest BCUT2D eigenvalue weighted by molar-refractivity contribution is 5.99.